The van der Waals surface area contributed by atoms with Crippen LogP contribution in [0.5, 0.6) is 0 Å². The van der Waals surface area contributed by atoms with Crippen molar-refractivity contribution in [1.82, 2.24) is 4.90 Å². The Morgan fingerprint density at radius 1 is 1.47 bits per heavy atom. The second-order valence-electron chi connectivity index (χ2n) is 6.02. The minimum Gasteiger partial charge on any atom is -0.396 e. The highest BCUT2D eigenvalue weighted by Crippen LogP contribution is 2.27. The van der Waals surface area contributed by atoms with E-state index in [1.54, 1.807) is 0 Å². The lowest BCUT2D eigenvalue weighted by Crippen LogP contribution is -2.45. The highest BCUT2D eigenvalue weighted by molar-refractivity contribution is 4.82. The smallest absolute Gasteiger partial charge is 0.0434 e. The van der Waals surface area contributed by atoms with Crippen molar-refractivity contribution in [3.8, 4) is 0 Å². The standard InChI is InChI=1S/C14H30N2O/c1-3-7-14(2,11-15)12-16-8-4-5-13(10-16)6-9-17/h13,17H,3-12,15H2,1-2H3. The molecule has 0 saturated carbocycles. The average molecular weight is 242 g/mol. The van der Waals surface area contributed by atoms with Crippen molar-refractivity contribution in [2.45, 2.75) is 46.0 Å². The maximum absolute atomic E-state index is 9.03. The van der Waals surface area contributed by atoms with Gasteiger partial charge in [0.15, 0.2) is 0 Å². The van der Waals surface area contributed by atoms with Crippen LogP contribution in [0.3, 0.4) is 0 Å². The van der Waals surface area contributed by atoms with Crippen LogP contribution in [0.4, 0.5) is 0 Å². The molecule has 0 aliphatic carbocycles. The Kier molecular flexibility index (Phi) is 6.45. The molecule has 0 amide bonds. The maximum Gasteiger partial charge on any atom is 0.0434 e. The number of aliphatic hydroxyl groups is 1. The fourth-order valence-electron chi connectivity index (χ4n) is 3.10. The van der Waals surface area contributed by atoms with Gasteiger partial charge in [0.05, 0.1) is 0 Å². The van der Waals surface area contributed by atoms with Gasteiger partial charge in [0.25, 0.3) is 0 Å². The van der Waals surface area contributed by atoms with Gasteiger partial charge in [-0.15, -0.1) is 0 Å². The number of likely N-dealkylation sites (tertiary alicyclic amines) is 1. The molecule has 3 N–H and O–H groups in total. The summed E-state index contributed by atoms with van der Waals surface area (Å²) < 4.78 is 0. The Bertz CT molecular complexity index is 208. The highest BCUT2D eigenvalue weighted by atomic mass is 16.3. The summed E-state index contributed by atoms with van der Waals surface area (Å²) in [5, 5.41) is 9.03. The van der Waals surface area contributed by atoms with Crippen LogP contribution in [0.15, 0.2) is 0 Å². The first-order valence-corrected chi connectivity index (χ1v) is 7.17. The van der Waals surface area contributed by atoms with Crippen molar-refractivity contribution in [3.05, 3.63) is 0 Å². The van der Waals surface area contributed by atoms with Crippen molar-refractivity contribution >= 4 is 0 Å². The van der Waals surface area contributed by atoms with Gasteiger partial charge < -0.3 is 15.7 Å². The van der Waals surface area contributed by atoms with Gasteiger partial charge in [-0.2, -0.15) is 0 Å². The van der Waals surface area contributed by atoms with Gasteiger partial charge in [-0.25, -0.2) is 0 Å². The van der Waals surface area contributed by atoms with Crippen molar-refractivity contribution in [2.75, 3.05) is 32.8 Å². The van der Waals surface area contributed by atoms with Gasteiger partial charge in [-0.3, -0.25) is 0 Å². The SMILES string of the molecule is CCCC(C)(CN)CN1CCCC(CCO)C1. The minimum atomic E-state index is 0.274. The number of aliphatic hydroxyl groups excluding tert-OH is 1. The lowest BCUT2D eigenvalue weighted by Gasteiger charge is -2.39. The van der Waals surface area contributed by atoms with E-state index in [0.29, 0.717) is 12.5 Å². The zero-order chi connectivity index (χ0) is 12.7. The third-order valence-electron chi connectivity index (χ3n) is 4.09. The molecule has 1 rings (SSSR count). The topological polar surface area (TPSA) is 49.5 Å². The zero-order valence-corrected chi connectivity index (χ0v) is 11.6. The first kappa shape index (κ1) is 14.9. The molecule has 17 heavy (non-hydrogen) atoms. The molecule has 0 aromatic rings. The first-order chi connectivity index (χ1) is 8.13. The Hall–Kier alpha value is -0.120. The second kappa shape index (κ2) is 7.34. The fourth-order valence-corrected chi connectivity index (χ4v) is 3.10. The highest BCUT2D eigenvalue weighted by Gasteiger charge is 2.27. The number of nitrogens with two attached hydrogens (primary N) is 1. The van der Waals surface area contributed by atoms with E-state index in [9.17, 15) is 0 Å². The summed E-state index contributed by atoms with van der Waals surface area (Å²) in [6.07, 6.45) is 5.94. The second-order valence-corrected chi connectivity index (χ2v) is 6.02. The Labute approximate surface area is 106 Å². The molecule has 0 bridgehead atoms. The lowest BCUT2D eigenvalue weighted by atomic mass is 9.84. The minimum absolute atomic E-state index is 0.274. The molecule has 102 valence electrons. The quantitative estimate of drug-likeness (QED) is 0.716. The molecule has 1 heterocycles. The number of piperidine rings is 1. The predicted octanol–water partition coefficient (Wildman–Crippen LogP) is 1.85. The molecule has 1 aliphatic heterocycles. The number of hydrogen-bond donors (Lipinski definition) is 2. The van der Waals surface area contributed by atoms with E-state index >= 15 is 0 Å². The Balaban J connectivity index is 2.43. The molecular formula is C14H30N2O. The van der Waals surface area contributed by atoms with Crippen molar-refractivity contribution in [1.29, 1.82) is 0 Å². The average Bonchev–Trinajstić information content (AvgIpc) is 2.30. The maximum atomic E-state index is 9.03. The van der Waals surface area contributed by atoms with Gasteiger partial charge in [-0.1, -0.05) is 20.3 Å². The molecule has 0 radical (unpaired) electrons. The molecule has 0 aromatic heterocycles. The number of hydrogen-bond acceptors (Lipinski definition) is 3. The molecule has 1 fully saturated rings. The number of nitrogens with zero attached hydrogens (tertiary/aromatic N) is 1. The molecule has 2 atom stereocenters. The van der Waals surface area contributed by atoms with Gasteiger partial charge in [0.1, 0.15) is 0 Å². The Morgan fingerprint density at radius 2 is 2.24 bits per heavy atom. The summed E-state index contributed by atoms with van der Waals surface area (Å²) in [7, 11) is 0. The van der Waals surface area contributed by atoms with Gasteiger partial charge in [0.2, 0.25) is 0 Å². The van der Waals surface area contributed by atoms with Crippen LogP contribution in [0.1, 0.15) is 46.0 Å². The third kappa shape index (κ3) is 4.94. The summed E-state index contributed by atoms with van der Waals surface area (Å²) in [6.45, 7) is 9.15. The van der Waals surface area contributed by atoms with E-state index < -0.39 is 0 Å². The first-order valence-electron chi connectivity index (χ1n) is 7.17. The van der Waals surface area contributed by atoms with Gasteiger partial charge in [0, 0.05) is 19.7 Å². The lowest BCUT2D eigenvalue weighted by molar-refractivity contribution is 0.0983. The fraction of sp³-hybridized carbons (Fsp3) is 1.00. The van der Waals surface area contributed by atoms with Crippen LogP contribution >= 0.6 is 0 Å². The molecule has 3 nitrogen and oxygen atoms in total. The van der Waals surface area contributed by atoms with Crippen LogP contribution in [0.25, 0.3) is 0 Å². The molecule has 0 aromatic carbocycles. The predicted molar refractivity (Wildman–Crippen MR) is 72.9 cm³/mol. The van der Waals surface area contributed by atoms with Gasteiger partial charge in [-0.05, 0) is 50.1 Å². The van der Waals surface area contributed by atoms with Crippen LogP contribution in [-0.4, -0.2) is 42.8 Å². The van der Waals surface area contributed by atoms with Crippen LogP contribution in [0.2, 0.25) is 0 Å². The Morgan fingerprint density at radius 3 is 2.82 bits per heavy atom. The molecule has 1 saturated heterocycles. The normalized spacial score (nSPS) is 25.8. The number of rotatable bonds is 7. The van der Waals surface area contributed by atoms with E-state index in [2.05, 4.69) is 18.7 Å². The van der Waals surface area contributed by atoms with E-state index in [0.717, 1.165) is 26.1 Å². The van der Waals surface area contributed by atoms with E-state index in [4.69, 9.17) is 10.8 Å². The monoisotopic (exact) mass is 242 g/mol. The van der Waals surface area contributed by atoms with Crippen molar-refractivity contribution in [3.63, 3.8) is 0 Å². The molecule has 0 spiro atoms. The van der Waals surface area contributed by atoms with Gasteiger partial charge >= 0.3 is 0 Å². The largest absolute Gasteiger partial charge is 0.396 e. The van der Waals surface area contributed by atoms with Crippen molar-refractivity contribution < 1.29 is 5.11 Å². The molecule has 1 aliphatic rings. The van der Waals surface area contributed by atoms with Crippen LogP contribution in [-0.2, 0) is 0 Å². The summed E-state index contributed by atoms with van der Waals surface area (Å²) in [6, 6.07) is 0. The summed E-state index contributed by atoms with van der Waals surface area (Å²) in [5.74, 6) is 0.692. The third-order valence-corrected chi connectivity index (χ3v) is 4.09. The van der Waals surface area contributed by atoms with Crippen molar-refractivity contribution in [2.24, 2.45) is 17.1 Å². The van der Waals surface area contributed by atoms with E-state index in [-0.39, 0.29) is 5.41 Å². The molecule has 2 unspecified atom stereocenters. The van der Waals surface area contributed by atoms with Crippen LogP contribution in [0, 0.1) is 11.3 Å². The summed E-state index contributed by atoms with van der Waals surface area (Å²) >= 11 is 0. The summed E-state index contributed by atoms with van der Waals surface area (Å²) in [5.41, 5.74) is 6.21. The molecule has 3 heteroatoms. The van der Waals surface area contributed by atoms with E-state index in [1.165, 1.54) is 32.2 Å². The zero-order valence-electron chi connectivity index (χ0n) is 11.6. The van der Waals surface area contributed by atoms with E-state index in [1.807, 2.05) is 0 Å². The molecular weight excluding hydrogens is 212 g/mol. The summed E-state index contributed by atoms with van der Waals surface area (Å²) in [4.78, 5) is 2.56. The van der Waals surface area contributed by atoms with Crippen LogP contribution < -0.4 is 5.73 Å².